The third kappa shape index (κ3) is 1.65. The Labute approximate surface area is 86.8 Å². The maximum absolute atomic E-state index is 9.05. The van der Waals surface area contributed by atoms with Gasteiger partial charge in [-0.2, -0.15) is 15.5 Å². The van der Waals surface area contributed by atoms with Gasteiger partial charge in [0.05, 0.1) is 24.6 Å². The second-order valence-electron chi connectivity index (χ2n) is 3.18. The first-order chi connectivity index (χ1) is 7.36. The van der Waals surface area contributed by atoms with E-state index in [9.17, 15) is 0 Å². The zero-order valence-corrected chi connectivity index (χ0v) is 7.96. The molecule has 0 saturated heterocycles. The largest absolute Gasteiger partial charge is 0.395 e. The van der Waals surface area contributed by atoms with Gasteiger partial charge in [0.2, 0.25) is 0 Å². The second kappa shape index (κ2) is 4.03. The van der Waals surface area contributed by atoms with Crippen molar-refractivity contribution in [3.63, 3.8) is 0 Å². The maximum atomic E-state index is 9.05. The van der Waals surface area contributed by atoms with Crippen molar-refractivity contribution in [1.29, 1.82) is 5.26 Å². The van der Waals surface area contributed by atoms with E-state index < -0.39 is 5.92 Å². The molecule has 0 aliphatic carbocycles. The van der Waals surface area contributed by atoms with E-state index in [0.717, 1.165) is 10.8 Å². The van der Waals surface area contributed by atoms with E-state index in [2.05, 4.69) is 10.2 Å². The molecule has 0 saturated carbocycles. The first-order valence-electron chi connectivity index (χ1n) is 4.57. The summed E-state index contributed by atoms with van der Waals surface area (Å²) in [7, 11) is 0. The molecule has 0 aliphatic rings. The molecule has 1 N–H and O–H groups in total. The number of hydrogen-bond acceptors (Lipinski definition) is 4. The molecule has 2 rings (SSSR count). The van der Waals surface area contributed by atoms with Gasteiger partial charge < -0.3 is 5.11 Å². The van der Waals surface area contributed by atoms with Gasteiger partial charge >= 0.3 is 0 Å². The molecule has 1 aromatic heterocycles. The van der Waals surface area contributed by atoms with Crippen molar-refractivity contribution in [3.8, 4) is 6.07 Å². The molecule has 4 nitrogen and oxygen atoms in total. The lowest BCUT2D eigenvalue weighted by atomic mass is 10.0. The highest BCUT2D eigenvalue weighted by molar-refractivity contribution is 5.84. The van der Waals surface area contributed by atoms with Crippen LogP contribution < -0.4 is 0 Å². The maximum Gasteiger partial charge on any atom is 0.114 e. The van der Waals surface area contributed by atoms with E-state index in [4.69, 9.17) is 10.4 Å². The van der Waals surface area contributed by atoms with Crippen LogP contribution in [0.25, 0.3) is 10.8 Å². The summed E-state index contributed by atoms with van der Waals surface area (Å²) in [6.07, 6.45) is 1.64. The second-order valence-corrected chi connectivity index (χ2v) is 3.18. The predicted molar refractivity (Wildman–Crippen MR) is 55.0 cm³/mol. The molecule has 2 aromatic rings. The minimum atomic E-state index is -0.608. The highest BCUT2D eigenvalue weighted by Gasteiger charge is 2.14. The lowest BCUT2D eigenvalue weighted by Gasteiger charge is -2.06. The summed E-state index contributed by atoms with van der Waals surface area (Å²) in [5.41, 5.74) is 0.540. The van der Waals surface area contributed by atoms with Crippen LogP contribution in [0.4, 0.5) is 0 Å². The van der Waals surface area contributed by atoms with Crippen LogP contribution >= 0.6 is 0 Å². The lowest BCUT2D eigenvalue weighted by molar-refractivity contribution is 0.284. The summed E-state index contributed by atoms with van der Waals surface area (Å²) in [4.78, 5) is 0. The molecule has 0 bridgehead atoms. The fourth-order valence-electron chi connectivity index (χ4n) is 1.50. The van der Waals surface area contributed by atoms with Crippen LogP contribution in [0.2, 0.25) is 0 Å². The average molecular weight is 199 g/mol. The number of hydrogen-bond donors (Lipinski definition) is 1. The minimum Gasteiger partial charge on any atom is -0.395 e. The number of fused-ring (bicyclic) bond motifs is 1. The van der Waals surface area contributed by atoms with Gasteiger partial charge in [-0.1, -0.05) is 24.3 Å². The SMILES string of the molecule is N#CC(CO)c1nncc2ccccc12. The van der Waals surface area contributed by atoms with Crippen molar-refractivity contribution < 1.29 is 5.11 Å². The van der Waals surface area contributed by atoms with Gasteiger partial charge in [0.1, 0.15) is 5.92 Å². The topological polar surface area (TPSA) is 69.8 Å². The molecule has 4 heteroatoms. The molecular weight excluding hydrogens is 190 g/mol. The summed E-state index contributed by atoms with van der Waals surface area (Å²) in [5.74, 6) is -0.608. The van der Waals surface area contributed by atoms with Crippen LogP contribution in [0.3, 0.4) is 0 Å². The fraction of sp³-hybridized carbons (Fsp3) is 0.182. The molecule has 15 heavy (non-hydrogen) atoms. The van der Waals surface area contributed by atoms with E-state index >= 15 is 0 Å². The van der Waals surface area contributed by atoms with E-state index in [-0.39, 0.29) is 6.61 Å². The average Bonchev–Trinajstić information content (AvgIpc) is 2.31. The Morgan fingerprint density at radius 2 is 2.20 bits per heavy atom. The van der Waals surface area contributed by atoms with Crippen molar-refractivity contribution in [2.24, 2.45) is 0 Å². The van der Waals surface area contributed by atoms with Gasteiger partial charge in [0.15, 0.2) is 0 Å². The summed E-state index contributed by atoms with van der Waals surface area (Å²) >= 11 is 0. The molecule has 0 amide bonds. The smallest absolute Gasteiger partial charge is 0.114 e. The third-order valence-corrected chi connectivity index (χ3v) is 2.27. The lowest BCUT2D eigenvalue weighted by Crippen LogP contribution is -2.05. The van der Waals surface area contributed by atoms with E-state index in [1.54, 1.807) is 6.20 Å². The number of aromatic nitrogens is 2. The molecular formula is C11H9N3O. The molecule has 74 valence electrons. The zero-order chi connectivity index (χ0) is 10.7. The van der Waals surface area contributed by atoms with Crippen LogP contribution in [0.5, 0.6) is 0 Å². The van der Waals surface area contributed by atoms with Crippen LogP contribution in [-0.2, 0) is 0 Å². The van der Waals surface area contributed by atoms with Gasteiger partial charge in [-0.05, 0) is 0 Å². The molecule has 1 atom stereocenters. The number of aliphatic hydroxyl groups excluding tert-OH is 1. The van der Waals surface area contributed by atoms with Crippen LogP contribution in [0.1, 0.15) is 11.6 Å². The zero-order valence-electron chi connectivity index (χ0n) is 7.96. The van der Waals surface area contributed by atoms with Crippen LogP contribution in [0.15, 0.2) is 30.5 Å². The first kappa shape index (κ1) is 9.56. The van der Waals surface area contributed by atoms with Crippen molar-refractivity contribution >= 4 is 10.8 Å². The normalized spacial score (nSPS) is 12.3. The number of nitriles is 1. The van der Waals surface area contributed by atoms with Gasteiger partial charge in [-0.15, -0.1) is 0 Å². The van der Waals surface area contributed by atoms with Gasteiger partial charge in [0, 0.05) is 10.8 Å². The monoisotopic (exact) mass is 199 g/mol. The van der Waals surface area contributed by atoms with E-state index in [1.807, 2.05) is 30.3 Å². The van der Waals surface area contributed by atoms with Gasteiger partial charge in [-0.3, -0.25) is 0 Å². The van der Waals surface area contributed by atoms with Crippen molar-refractivity contribution in [2.45, 2.75) is 5.92 Å². The number of nitrogens with zero attached hydrogens (tertiary/aromatic N) is 3. The predicted octanol–water partition coefficient (Wildman–Crippen LogP) is 1.23. The van der Waals surface area contributed by atoms with Crippen LogP contribution in [0, 0.1) is 11.3 Å². The van der Waals surface area contributed by atoms with Crippen molar-refractivity contribution in [1.82, 2.24) is 10.2 Å². The molecule has 1 aromatic carbocycles. The fourth-order valence-corrected chi connectivity index (χ4v) is 1.50. The summed E-state index contributed by atoms with van der Waals surface area (Å²) in [5, 5.41) is 27.4. The molecule has 1 unspecified atom stereocenters. The Hall–Kier alpha value is -1.99. The first-order valence-corrected chi connectivity index (χ1v) is 4.57. The summed E-state index contributed by atoms with van der Waals surface area (Å²) in [6, 6.07) is 9.56. The minimum absolute atomic E-state index is 0.237. The Kier molecular flexibility index (Phi) is 2.57. The quantitative estimate of drug-likeness (QED) is 0.789. The summed E-state index contributed by atoms with van der Waals surface area (Å²) < 4.78 is 0. The molecule has 0 spiro atoms. The standard InChI is InChI=1S/C11H9N3O/c12-5-9(7-15)11-10-4-2-1-3-8(10)6-13-14-11/h1-4,6,9,15H,7H2. The Bertz CT molecular complexity index is 513. The molecule has 1 heterocycles. The Balaban J connectivity index is 2.66. The van der Waals surface area contributed by atoms with E-state index in [0.29, 0.717) is 5.69 Å². The number of rotatable bonds is 2. The summed E-state index contributed by atoms with van der Waals surface area (Å²) in [6.45, 7) is -0.237. The molecule has 0 radical (unpaired) electrons. The number of benzene rings is 1. The van der Waals surface area contributed by atoms with Gasteiger partial charge in [-0.25, -0.2) is 0 Å². The van der Waals surface area contributed by atoms with Crippen molar-refractivity contribution in [3.05, 3.63) is 36.2 Å². The number of aliphatic hydroxyl groups is 1. The van der Waals surface area contributed by atoms with Crippen molar-refractivity contribution in [2.75, 3.05) is 6.61 Å². The Morgan fingerprint density at radius 1 is 1.40 bits per heavy atom. The van der Waals surface area contributed by atoms with Gasteiger partial charge in [0.25, 0.3) is 0 Å². The highest BCUT2D eigenvalue weighted by Crippen LogP contribution is 2.21. The molecule has 0 aliphatic heterocycles. The van der Waals surface area contributed by atoms with E-state index in [1.165, 1.54) is 0 Å². The highest BCUT2D eigenvalue weighted by atomic mass is 16.3. The Morgan fingerprint density at radius 3 is 2.93 bits per heavy atom. The molecule has 0 fully saturated rings. The van der Waals surface area contributed by atoms with Crippen LogP contribution in [-0.4, -0.2) is 21.9 Å². The third-order valence-electron chi connectivity index (χ3n) is 2.27.